The van der Waals surface area contributed by atoms with Crippen molar-refractivity contribution >= 4 is 17.9 Å². The first-order valence-corrected chi connectivity index (χ1v) is 4.69. The van der Waals surface area contributed by atoms with Gasteiger partial charge in [-0.1, -0.05) is 13.8 Å². The summed E-state index contributed by atoms with van der Waals surface area (Å²) < 4.78 is 0. The molecule has 0 aromatic carbocycles. The number of hydrogen-bond acceptors (Lipinski definition) is 4. The van der Waals surface area contributed by atoms with Crippen LogP contribution in [0.4, 0.5) is 0 Å². The molecule has 0 spiro atoms. The Morgan fingerprint density at radius 2 is 1.56 bits per heavy atom. The van der Waals surface area contributed by atoms with Crippen LogP contribution in [-0.4, -0.2) is 45.3 Å². The minimum atomic E-state index is -1.40. The van der Waals surface area contributed by atoms with Gasteiger partial charge in [0.1, 0.15) is 12.1 Å². The third-order valence-electron chi connectivity index (χ3n) is 1.99. The predicted molar refractivity (Wildman–Crippen MR) is 53.1 cm³/mol. The van der Waals surface area contributed by atoms with E-state index in [2.05, 4.69) is 5.32 Å². The maximum absolute atomic E-state index is 10.8. The summed E-state index contributed by atoms with van der Waals surface area (Å²) in [5, 5.41) is 28.3. The van der Waals surface area contributed by atoms with Gasteiger partial charge in [-0.3, -0.25) is 19.7 Å². The summed E-state index contributed by atoms with van der Waals surface area (Å²) in [6, 6.07) is -2.48. The van der Waals surface area contributed by atoms with Crippen molar-refractivity contribution in [2.45, 2.75) is 32.4 Å². The molecular formula is C9H15NO6. The Balaban J connectivity index is 4.64. The van der Waals surface area contributed by atoms with Crippen LogP contribution in [0.2, 0.25) is 0 Å². The SMILES string of the molecule is CC(C)[C@@H](NC(CC(=O)O)C(=O)O)C(=O)O. The maximum Gasteiger partial charge on any atom is 0.321 e. The van der Waals surface area contributed by atoms with Gasteiger partial charge in [0, 0.05) is 0 Å². The minimum absolute atomic E-state index is 0.340. The maximum atomic E-state index is 10.8. The summed E-state index contributed by atoms with van der Waals surface area (Å²) in [7, 11) is 0. The van der Waals surface area contributed by atoms with Gasteiger partial charge in [0.25, 0.3) is 0 Å². The topological polar surface area (TPSA) is 124 Å². The van der Waals surface area contributed by atoms with Crippen molar-refractivity contribution in [1.29, 1.82) is 0 Å². The standard InChI is InChI=1S/C9H15NO6/c1-4(2)7(9(15)16)10-5(8(13)14)3-6(11)12/h4-5,7,10H,3H2,1-2H3,(H,11,12)(H,13,14)(H,15,16)/t5?,7-/m1/s1. The molecule has 2 atom stereocenters. The van der Waals surface area contributed by atoms with Crippen LogP contribution in [0.15, 0.2) is 0 Å². The molecule has 92 valence electrons. The normalized spacial score (nSPS) is 14.4. The first-order chi connectivity index (χ1) is 7.25. The van der Waals surface area contributed by atoms with E-state index in [1.54, 1.807) is 13.8 Å². The Morgan fingerprint density at radius 3 is 1.81 bits per heavy atom. The van der Waals surface area contributed by atoms with E-state index in [0.29, 0.717) is 0 Å². The van der Waals surface area contributed by atoms with Crippen molar-refractivity contribution < 1.29 is 29.7 Å². The van der Waals surface area contributed by atoms with Crippen LogP contribution < -0.4 is 5.32 Å². The molecule has 0 amide bonds. The van der Waals surface area contributed by atoms with Crippen molar-refractivity contribution in [3.8, 4) is 0 Å². The summed E-state index contributed by atoms with van der Waals surface area (Å²) >= 11 is 0. The van der Waals surface area contributed by atoms with E-state index in [1.807, 2.05) is 0 Å². The van der Waals surface area contributed by atoms with E-state index < -0.39 is 36.4 Å². The van der Waals surface area contributed by atoms with E-state index >= 15 is 0 Å². The van der Waals surface area contributed by atoms with Gasteiger partial charge in [0.2, 0.25) is 0 Å². The van der Waals surface area contributed by atoms with E-state index in [0.717, 1.165) is 0 Å². The van der Waals surface area contributed by atoms with Crippen LogP contribution >= 0.6 is 0 Å². The lowest BCUT2D eigenvalue weighted by molar-refractivity contribution is -0.148. The lowest BCUT2D eigenvalue weighted by atomic mass is 10.0. The van der Waals surface area contributed by atoms with Crippen molar-refractivity contribution in [2.75, 3.05) is 0 Å². The number of carbonyl (C=O) groups is 3. The molecule has 0 rings (SSSR count). The molecule has 0 fully saturated rings. The molecule has 0 radical (unpaired) electrons. The zero-order chi connectivity index (χ0) is 12.9. The van der Waals surface area contributed by atoms with Crippen LogP contribution in [-0.2, 0) is 14.4 Å². The summed E-state index contributed by atoms with van der Waals surface area (Å²) in [5.74, 6) is -4.22. The van der Waals surface area contributed by atoms with Crippen LogP contribution in [0.5, 0.6) is 0 Å². The van der Waals surface area contributed by atoms with Gasteiger partial charge in [-0.25, -0.2) is 0 Å². The fraction of sp³-hybridized carbons (Fsp3) is 0.667. The summed E-state index contributed by atoms with van der Waals surface area (Å²) in [6.45, 7) is 3.21. The summed E-state index contributed by atoms with van der Waals surface area (Å²) in [5.41, 5.74) is 0. The molecule has 0 aromatic heterocycles. The lowest BCUT2D eigenvalue weighted by Gasteiger charge is -2.21. The zero-order valence-electron chi connectivity index (χ0n) is 9.01. The van der Waals surface area contributed by atoms with Crippen LogP contribution in [0.3, 0.4) is 0 Å². The van der Waals surface area contributed by atoms with Crippen LogP contribution in [0.1, 0.15) is 20.3 Å². The molecule has 0 heterocycles. The first-order valence-electron chi connectivity index (χ1n) is 4.69. The molecule has 1 unspecified atom stereocenters. The number of hydrogen-bond donors (Lipinski definition) is 4. The van der Waals surface area contributed by atoms with Gasteiger partial charge in [0.05, 0.1) is 6.42 Å². The van der Waals surface area contributed by atoms with Crippen molar-refractivity contribution in [3.05, 3.63) is 0 Å². The quantitative estimate of drug-likeness (QED) is 0.472. The number of rotatable bonds is 7. The molecule has 0 aliphatic carbocycles. The number of carboxylic acids is 3. The van der Waals surface area contributed by atoms with Crippen LogP contribution in [0, 0.1) is 5.92 Å². The van der Waals surface area contributed by atoms with E-state index in [-0.39, 0.29) is 5.92 Å². The average Bonchev–Trinajstić information content (AvgIpc) is 2.09. The molecular weight excluding hydrogens is 218 g/mol. The van der Waals surface area contributed by atoms with Crippen molar-refractivity contribution in [2.24, 2.45) is 5.92 Å². The number of nitrogens with one attached hydrogen (secondary N) is 1. The molecule has 0 bridgehead atoms. The van der Waals surface area contributed by atoms with Gasteiger partial charge >= 0.3 is 17.9 Å². The lowest BCUT2D eigenvalue weighted by Crippen LogP contribution is -2.50. The largest absolute Gasteiger partial charge is 0.481 e. The highest BCUT2D eigenvalue weighted by molar-refractivity contribution is 5.82. The Morgan fingerprint density at radius 1 is 1.06 bits per heavy atom. The smallest absolute Gasteiger partial charge is 0.321 e. The third kappa shape index (κ3) is 4.74. The van der Waals surface area contributed by atoms with Crippen LogP contribution in [0.25, 0.3) is 0 Å². The Labute approximate surface area is 92.1 Å². The third-order valence-corrected chi connectivity index (χ3v) is 1.99. The minimum Gasteiger partial charge on any atom is -0.481 e. The highest BCUT2D eigenvalue weighted by Crippen LogP contribution is 2.05. The van der Waals surface area contributed by atoms with Gasteiger partial charge in [-0.2, -0.15) is 0 Å². The molecule has 7 nitrogen and oxygen atoms in total. The number of aliphatic carboxylic acids is 3. The van der Waals surface area contributed by atoms with Gasteiger partial charge < -0.3 is 15.3 Å². The van der Waals surface area contributed by atoms with Gasteiger partial charge in [0.15, 0.2) is 0 Å². The second-order valence-electron chi connectivity index (χ2n) is 3.72. The molecule has 0 aliphatic heterocycles. The average molecular weight is 233 g/mol. The van der Waals surface area contributed by atoms with Crippen molar-refractivity contribution in [3.63, 3.8) is 0 Å². The fourth-order valence-electron chi connectivity index (χ4n) is 1.16. The second kappa shape index (κ2) is 6.06. The monoisotopic (exact) mass is 233 g/mol. The van der Waals surface area contributed by atoms with Crippen molar-refractivity contribution in [1.82, 2.24) is 5.32 Å². The zero-order valence-corrected chi connectivity index (χ0v) is 9.01. The molecule has 16 heavy (non-hydrogen) atoms. The van der Waals surface area contributed by atoms with E-state index in [4.69, 9.17) is 15.3 Å². The van der Waals surface area contributed by atoms with E-state index in [9.17, 15) is 14.4 Å². The number of carboxylic acid groups (broad SMARTS) is 3. The molecule has 0 aliphatic rings. The van der Waals surface area contributed by atoms with Gasteiger partial charge in [-0.15, -0.1) is 0 Å². The van der Waals surface area contributed by atoms with E-state index in [1.165, 1.54) is 0 Å². The Kier molecular flexibility index (Phi) is 5.44. The fourth-order valence-corrected chi connectivity index (χ4v) is 1.16. The molecule has 7 heteroatoms. The Hall–Kier alpha value is -1.63. The Bertz CT molecular complexity index is 288. The summed E-state index contributed by atoms with van der Waals surface area (Å²) in [6.07, 6.45) is -0.661. The first kappa shape index (κ1) is 14.4. The highest BCUT2D eigenvalue weighted by atomic mass is 16.4. The molecule has 4 N–H and O–H groups in total. The second-order valence-corrected chi connectivity index (χ2v) is 3.72. The molecule has 0 saturated carbocycles. The predicted octanol–water partition coefficient (Wildman–Crippen LogP) is -0.387. The highest BCUT2D eigenvalue weighted by Gasteiger charge is 2.29. The molecule has 0 saturated heterocycles. The van der Waals surface area contributed by atoms with Gasteiger partial charge in [-0.05, 0) is 5.92 Å². The molecule has 0 aromatic rings. The summed E-state index contributed by atoms with van der Waals surface area (Å²) in [4.78, 5) is 31.9.